The van der Waals surface area contributed by atoms with E-state index in [1.54, 1.807) is 7.05 Å². The van der Waals surface area contributed by atoms with E-state index in [0.29, 0.717) is 0 Å². The van der Waals surface area contributed by atoms with Crippen molar-refractivity contribution in [3.05, 3.63) is 0 Å². The van der Waals surface area contributed by atoms with Crippen LogP contribution in [0.25, 0.3) is 0 Å². The van der Waals surface area contributed by atoms with E-state index in [1.165, 1.54) is 4.90 Å². The number of likely N-dealkylation sites (N-methyl/N-ethyl adjacent to an activating group) is 1. The Hall–Kier alpha value is -0.250. The lowest BCUT2D eigenvalue weighted by Crippen LogP contribution is -2.26. The molecule has 0 aromatic rings. The molecule has 1 N–H and O–H groups in total. The van der Waals surface area contributed by atoms with E-state index < -0.39 is 6.00 Å². The molecule has 0 saturated carbocycles. The van der Waals surface area contributed by atoms with Crippen molar-refractivity contribution in [2.24, 2.45) is 4.76 Å². The zero-order valence-electron chi connectivity index (χ0n) is 6.12. The predicted molar refractivity (Wildman–Crippen MR) is 47.5 cm³/mol. The SMILES string of the molecule is CN1CC(=O)N/C1=N\P(=O)(Cl)Cl. The molecule has 1 amide bonds. The summed E-state index contributed by atoms with van der Waals surface area (Å²) in [7, 11) is 1.61. The van der Waals surface area contributed by atoms with Crippen molar-refractivity contribution in [1.29, 1.82) is 0 Å². The molecule has 8 heteroatoms. The number of halogens is 2. The van der Waals surface area contributed by atoms with Crippen molar-refractivity contribution >= 4 is 40.3 Å². The molecule has 0 aliphatic carbocycles. The van der Waals surface area contributed by atoms with Crippen molar-refractivity contribution in [3.8, 4) is 0 Å². The molecule has 12 heavy (non-hydrogen) atoms. The van der Waals surface area contributed by atoms with E-state index in [9.17, 15) is 9.36 Å². The minimum atomic E-state index is -3.50. The van der Waals surface area contributed by atoms with Gasteiger partial charge in [-0.25, -0.2) is 0 Å². The molecule has 0 aromatic heterocycles. The number of carbonyl (C=O) groups is 1. The first kappa shape index (κ1) is 9.84. The third-order valence-corrected chi connectivity index (χ3v) is 2.08. The highest BCUT2D eigenvalue weighted by molar-refractivity contribution is 8.07. The van der Waals surface area contributed by atoms with Crippen LogP contribution in [0.1, 0.15) is 0 Å². The maximum Gasteiger partial charge on any atom is 0.366 e. The number of rotatable bonds is 1. The van der Waals surface area contributed by atoms with Gasteiger partial charge >= 0.3 is 6.00 Å². The summed E-state index contributed by atoms with van der Waals surface area (Å²) in [6, 6.07) is 0. The Morgan fingerprint density at radius 1 is 1.67 bits per heavy atom. The van der Waals surface area contributed by atoms with Gasteiger partial charge in [0.2, 0.25) is 11.9 Å². The van der Waals surface area contributed by atoms with Crippen LogP contribution in [0.15, 0.2) is 4.76 Å². The van der Waals surface area contributed by atoms with Crippen LogP contribution in [0.2, 0.25) is 0 Å². The predicted octanol–water partition coefficient (Wildman–Crippen LogP) is 0.990. The lowest BCUT2D eigenvalue weighted by atomic mass is 10.6. The normalized spacial score (nSPS) is 21.8. The maximum atomic E-state index is 10.8. The highest BCUT2D eigenvalue weighted by atomic mass is 35.9. The number of carbonyl (C=O) groups excluding carboxylic acids is 1. The fraction of sp³-hybridized carbons (Fsp3) is 0.500. The summed E-state index contributed by atoms with van der Waals surface area (Å²) >= 11 is 10.4. The minimum Gasteiger partial charge on any atom is -0.336 e. The van der Waals surface area contributed by atoms with Gasteiger partial charge in [0.15, 0.2) is 0 Å². The molecule has 1 aliphatic rings. The first-order valence-corrected chi connectivity index (χ1v) is 6.46. The second kappa shape index (κ2) is 3.24. The first-order valence-electron chi connectivity index (χ1n) is 2.99. The van der Waals surface area contributed by atoms with Crippen LogP contribution < -0.4 is 5.32 Å². The molecule has 5 nitrogen and oxygen atoms in total. The van der Waals surface area contributed by atoms with Gasteiger partial charge in [-0.15, -0.1) is 0 Å². The van der Waals surface area contributed by atoms with Gasteiger partial charge in [-0.05, 0) is 22.5 Å². The largest absolute Gasteiger partial charge is 0.366 e. The standard InChI is InChI=1S/C4H6Cl2N3O2P/c1-9-2-3(10)7-4(9)8-12(5,6)11/h2H2,1H3,(H,7,8,10,11). The highest BCUT2D eigenvalue weighted by Crippen LogP contribution is 2.58. The van der Waals surface area contributed by atoms with Crippen molar-refractivity contribution in [3.63, 3.8) is 0 Å². The molecule has 1 rings (SSSR count). The molecule has 0 unspecified atom stereocenters. The van der Waals surface area contributed by atoms with Gasteiger partial charge < -0.3 is 4.90 Å². The summed E-state index contributed by atoms with van der Waals surface area (Å²) in [5.41, 5.74) is 0. The number of hydrogen-bond donors (Lipinski definition) is 1. The van der Waals surface area contributed by atoms with Crippen LogP contribution in [0, 0.1) is 0 Å². The Balaban J connectivity index is 2.84. The lowest BCUT2D eigenvalue weighted by molar-refractivity contribution is -0.118. The zero-order chi connectivity index (χ0) is 9.35. The molecule has 0 aromatic carbocycles. The summed E-state index contributed by atoms with van der Waals surface area (Å²) in [4.78, 5) is 12.2. The molecule has 0 radical (unpaired) electrons. The van der Waals surface area contributed by atoms with Gasteiger partial charge in [0.25, 0.3) is 0 Å². The minimum absolute atomic E-state index is 0.147. The van der Waals surface area contributed by atoms with Crippen molar-refractivity contribution < 1.29 is 9.36 Å². The highest BCUT2D eigenvalue weighted by Gasteiger charge is 2.24. The van der Waals surface area contributed by atoms with E-state index >= 15 is 0 Å². The van der Waals surface area contributed by atoms with Gasteiger partial charge in [-0.3, -0.25) is 14.7 Å². The number of nitrogens with zero attached hydrogens (tertiary/aromatic N) is 2. The third-order valence-electron chi connectivity index (χ3n) is 1.20. The van der Waals surface area contributed by atoms with Gasteiger partial charge in [0.1, 0.15) is 0 Å². The molecule has 1 aliphatic heterocycles. The summed E-state index contributed by atoms with van der Waals surface area (Å²) in [5.74, 6) is -3.58. The average Bonchev–Trinajstić information content (AvgIpc) is 2.06. The van der Waals surface area contributed by atoms with E-state index in [1.807, 2.05) is 0 Å². The van der Waals surface area contributed by atoms with Crippen LogP contribution in [-0.4, -0.2) is 30.4 Å². The van der Waals surface area contributed by atoms with Crippen LogP contribution in [0.4, 0.5) is 0 Å². The van der Waals surface area contributed by atoms with Crippen LogP contribution in [0.3, 0.4) is 0 Å². The molecule has 0 spiro atoms. The lowest BCUT2D eigenvalue weighted by Gasteiger charge is -2.07. The third kappa shape index (κ3) is 2.66. The Morgan fingerprint density at radius 2 is 2.25 bits per heavy atom. The number of amides is 1. The molecule has 68 valence electrons. The summed E-state index contributed by atoms with van der Waals surface area (Å²) in [5, 5.41) is 2.36. The van der Waals surface area contributed by atoms with Crippen LogP contribution >= 0.6 is 28.5 Å². The Morgan fingerprint density at radius 3 is 2.58 bits per heavy atom. The van der Waals surface area contributed by atoms with Gasteiger partial charge in [0, 0.05) is 7.05 Å². The van der Waals surface area contributed by atoms with Gasteiger partial charge in [-0.1, -0.05) is 0 Å². The van der Waals surface area contributed by atoms with Gasteiger partial charge in [0.05, 0.1) is 6.54 Å². The quantitative estimate of drug-likeness (QED) is 0.683. The van der Waals surface area contributed by atoms with E-state index in [0.717, 1.165) is 0 Å². The fourth-order valence-corrected chi connectivity index (χ4v) is 1.61. The van der Waals surface area contributed by atoms with Crippen LogP contribution in [-0.2, 0) is 9.36 Å². The molecule has 0 atom stereocenters. The first-order chi connectivity index (χ1) is 5.38. The average molecular weight is 230 g/mol. The Kier molecular flexibility index (Phi) is 2.66. The smallest absolute Gasteiger partial charge is 0.336 e. The summed E-state index contributed by atoms with van der Waals surface area (Å²) in [6.45, 7) is 0.173. The second-order valence-corrected chi connectivity index (χ2v) is 6.60. The zero-order valence-corrected chi connectivity index (χ0v) is 8.53. The van der Waals surface area contributed by atoms with Crippen molar-refractivity contribution in [1.82, 2.24) is 10.2 Å². The Labute approximate surface area is 78.7 Å². The van der Waals surface area contributed by atoms with Crippen LogP contribution in [0.5, 0.6) is 0 Å². The van der Waals surface area contributed by atoms with Gasteiger partial charge in [-0.2, -0.15) is 4.76 Å². The molecule has 1 saturated heterocycles. The number of hydrogen-bond acceptors (Lipinski definition) is 2. The molecular formula is C4H6Cl2N3O2P. The topological polar surface area (TPSA) is 61.8 Å². The van der Waals surface area contributed by atoms with Crippen molar-refractivity contribution in [2.75, 3.05) is 13.6 Å². The second-order valence-electron chi connectivity index (χ2n) is 2.26. The monoisotopic (exact) mass is 229 g/mol. The number of nitrogens with one attached hydrogen (secondary N) is 1. The fourth-order valence-electron chi connectivity index (χ4n) is 0.762. The molecular weight excluding hydrogens is 224 g/mol. The van der Waals surface area contributed by atoms with E-state index in [2.05, 4.69) is 10.1 Å². The Bertz CT molecular complexity index is 286. The molecule has 1 heterocycles. The van der Waals surface area contributed by atoms with E-state index in [4.69, 9.17) is 22.5 Å². The summed E-state index contributed by atoms with van der Waals surface area (Å²) in [6.07, 6.45) is 0. The van der Waals surface area contributed by atoms with Crippen molar-refractivity contribution in [2.45, 2.75) is 0 Å². The molecule has 1 fully saturated rings. The van der Waals surface area contributed by atoms with E-state index in [-0.39, 0.29) is 18.4 Å². The number of guanidine groups is 1. The summed E-state index contributed by atoms with van der Waals surface area (Å²) < 4.78 is 14.2. The molecule has 0 bridgehead atoms. The maximum absolute atomic E-state index is 10.8.